The molecule has 0 heterocycles. The molecular weight excluding hydrogens is 409 g/mol. The van der Waals surface area contributed by atoms with Gasteiger partial charge in [-0.05, 0) is 47.5 Å². The molecule has 0 saturated carbocycles. The summed E-state index contributed by atoms with van der Waals surface area (Å²) >= 11 is 11.9. The number of hydrogen-bond donors (Lipinski definition) is 1. The monoisotopic (exact) mass is 427 g/mol. The molecule has 0 aromatic heterocycles. The minimum Gasteiger partial charge on any atom is -0.493 e. The lowest BCUT2D eigenvalue weighted by atomic mass is 10.2. The zero-order chi connectivity index (χ0) is 20.6. The molecule has 148 valence electrons. The van der Waals surface area contributed by atoms with Crippen LogP contribution in [0.3, 0.4) is 0 Å². The fourth-order valence-corrected chi connectivity index (χ4v) is 3.04. The standard InChI is InChI=1S/C23H19Cl2NO3/c1-28-22-13-16(7-11-21(22)29-15-17-5-3-2-4-6-17)8-12-23(27)26-20-10-9-18(24)14-19(20)25/h2-14H,15H2,1H3,(H,26,27). The normalized spacial score (nSPS) is 10.7. The number of methoxy groups -OCH3 is 1. The molecule has 0 aliphatic heterocycles. The Morgan fingerprint density at radius 2 is 1.79 bits per heavy atom. The first-order chi connectivity index (χ1) is 14.0. The minimum atomic E-state index is -0.308. The van der Waals surface area contributed by atoms with Crippen LogP contribution in [0.4, 0.5) is 5.69 Å². The minimum absolute atomic E-state index is 0.308. The number of carbonyl (C=O) groups excluding carboxylic acids is 1. The van der Waals surface area contributed by atoms with Gasteiger partial charge in [0.25, 0.3) is 0 Å². The lowest BCUT2D eigenvalue weighted by Crippen LogP contribution is -2.08. The van der Waals surface area contributed by atoms with Crippen LogP contribution in [0.1, 0.15) is 11.1 Å². The Labute approximate surface area is 179 Å². The van der Waals surface area contributed by atoms with Crippen molar-refractivity contribution in [2.45, 2.75) is 6.61 Å². The average Bonchev–Trinajstić information content (AvgIpc) is 2.73. The number of hydrogen-bond acceptors (Lipinski definition) is 3. The molecule has 3 rings (SSSR count). The Morgan fingerprint density at radius 3 is 2.52 bits per heavy atom. The van der Waals surface area contributed by atoms with E-state index in [0.717, 1.165) is 11.1 Å². The maximum atomic E-state index is 12.2. The van der Waals surface area contributed by atoms with Gasteiger partial charge in [-0.2, -0.15) is 0 Å². The largest absolute Gasteiger partial charge is 0.493 e. The highest BCUT2D eigenvalue weighted by atomic mass is 35.5. The van der Waals surface area contributed by atoms with Crippen molar-refractivity contribution in [1.29, 1.82) is 0 Å². The first-order valence-electron chi connectivity index (χ1n) is 8.84. The molecular formula is C23H19Cl2NO3. The van der Waals surface area contributed by atoms with E-state index in [9.17, 15) is 4.79 Å². The van der Waals surface area contributed by atoms with Crippen molar-refractivity contribution in [3.05, 3.63) is 94.0 Å². The van der Waals surface area contributed by atoms with E-state index in [-0.39, 0.29) is 5.91 Å². The Morgan fingerprint density at radius 1 is 1.00 bits per heavy atom. The molecule has 0 bridgehead atoms. The maximum absolute atomic E-state index is 12.2. The number of halogens is 2. The SMILES string of the molecule is COc1cc(C=CC(=O)Nc2ccc(Cl)cc2Cl)ccc1OCc1ccccc1. The highest BCUT2D eigenvalue weighted by Gasteiger charge is 2.07. The van der Waals surface area contributed by atoms with Gasteiger partial charge in [-0.15, -0.1) is 0 Å². The van der Waals surface area contributed by atoms with Crippen LogP contribution in [0.5, 0.6) is 11.5 Å². The van der Waals surface area contributed by atoms with Gasteiger partial charge in [0, 0.05) is 11.1 Å². The number of anilines is 1. The molecule has 0 radical (unpaired) electrons. The molecule has 0 aliphatic rings. The van der Waals surface area contributed by atoms with Gasteiger partial charge in [-0.1, -0.05) is 59.6 Å². The van der Waals surface area contributed by atoms with Gasteiger partial charge < -0.3 is 14.8 Å². The van der Waals surface area contributed by atoms with Crippen LogP contribution in [0.25, 0.3) is 6.08 Å². The van der Waals surface area contributed by atoms with Crippen molar-refractivity contribution >= 4 is 40.9 Å². The van der Waals surface area contributed by atoms with Crippen LogP contribution in [-0.4, -0.2) is 13.0 Å². The second kappa shape index (κ2) is 10.0. The van der Waals surface area contributed by atoms with E-state index in [0.29, 0.717) is 33.8 Å². The molecule has 0 fully saturated rings. The molecule has 4 nitrogen and oxygen atoms in total. The first kappa shape index (κ1) is 20.8. The predicted octanol–water partition coefficient (Wildman–Crippen LogP) is 6.23. The summed E-state index contributed by atoms with van der Waals surface area (Å²) in [4.78, 5) is 12.2. The van der Waals surface area contributed by atoms with Crippen LogP contribution in [0.15, 0.2) is 72.8 Å². The molecule has 3 aromatic carbocycles. The first-order valence-corrected chi connectivity index (χ1v) is 9.59. The number of nitrogens with one attached hydrogen (secondary N) is 1. The van der Waals surface area contributed by atoms with Gasteiger partial charge in [-0.3, -0.25) is 4.79 Å². The van der Waals surface area contributed by atoms with Gasteiger partial charge in [-0.25, -0.2) is 0 Å². The summed E-state index contributed by atoms with van der Waals surface area (Å²) in [6, 6.07) is 20.2. The third kappa shape index (κ3) is 6.01. The van der Waals surface area contributed by atoms with Gasteiger partial charge in [0.2, 0.25) is 5.91 Å². The molecule has 3 aromatic rings. The van der Waals surface area contributed by atoms with Crippen LogP contribution >= 0.6 is 23.2 Å². The number of ether oxygens (including phenoxy) is 2. The highest BCUT2D eigenvalue weighted by Crippen LogP contribution is 2.29. The lowest BCUT2D eigenvalue weighted by Gasteiger charge is -2.11. The van der Waals surface area contributed by atoms with Crippen LogP contribution in [0.2, 0.25) is 10.0 Å². The average molecular weight is 428 g/mol. The Balaban J connectivity index is 1.65. The Bertz CT molecular complexity index is 1020. The number of rotatable bonds is 7. The van der Waals surface area contributed by atoms with Crippen LogP contribution < -0.4 is 14.8 Å². The lowest BCUT2D eigenvalue weighted by molar-refractivity contribution is -0.111. The van der Waals surface area contributed by atoms with E-state index in [1.165, 1.54) is 6.08 Å². The van der Waals surface area contributed by atoms with E-state index >= 15 is 0 Å². The zero-order valence-corrected chi connectivity index (χ0v) is 17.2. The molecule has 6 heteroatoms. The maximum Gasteiger partial charge on any atom is 0.248 e. The summed E-state index contributed by atoms with van der Waals surface area (Å²) < 4.78 is 11.3. The fraction of sp³-hybridized carbons (Fsp3) is 0.0870. The Hall–Kier alpha value is -2.95. The molecule has 1 amide bonds. The summed E-state index contributed by atoms with van der Waals surface area (Å²) in [5.41, 5.74) is 2.36. The zero-order valence-electron chi connectivity index (χ0n) is 15.7. The van der Waals surface area contributed by atoms with E-state index in [4.69, 9.17) is 32.7 Å². The number of benzene rings is 3. The topological polar surface area (TPSA) is 47.6 Å². The van der Waals surface area contributed by atoms with E-state index < -0.39 is 0 Å². The molecule has 1 N–H and O–H groups in total. The smallest absolute Gasteiger partial charge is 0.248 e. The van der Waals surface area contributed by atoms with Crippen molar-refractivity contribution < 1.29 is 14.3 Å². The van der Waals surface area contributed by atoms with Crippen molar-refractivity contribution in [1.82, 2.24) is 0 Å². The molecule has 0 atom stereocenters. The van der Waals surface area contributed by atoms with E-state index in [2.05, 4.69) is 5.32 Å². The van der Waals surface area contributed by atoms with Gasteiger partial charge in [0.05, 0.1) is 17.8 Å². The van der Waals surface area contributed by atoms with E-state index in [1.807, 2.05) is 42.5 Å². The summed E-state index contributed by atoms with van der Waals surface area (Å²) in [5.74, 6) is 0.910. The van der Waals surface area contributed by atoms with Crippen LogP contribution in [0, 0.1) is 0 Å². The quantitative estimate of drug-likeness (QED) is 0.454. The third-order valence-electron chi connectivity index (χ3n) is 4.04. The number of amides is 1. The van der Waals surface area contributed by atoms with Crippen LogP contribution in [-0.2, 0) is 11.4 Å². The number of carbonyl (C=O) groups is 1. The molecule has 29 heavy (non-hydrogen) atoms. The molecule has 0 aliphatic carbocycles. The predicted molar refractivity (Wildman–Crippen MR) is 118 cm³/mol. The third-order valence-corrected chi connectivity index (χ3v) is 4.59. The fourth-order valence-electron chi connectivity index (χ4n) is 2.58. The second-order valence-corrected chi connectivity index (χ2v) is 6.97. The van der Waals surface area contributed by atoms with Crippen molar-refractivity contribution in [3.63, 3.8) is 0 Å². The van der Waals surface area contributed by atoms with E-state index in [1.54, 1.807) is 37.5 Å². The van der Waals surface area contributed by atoms with Gasteiger partial charge >= 0.3 is 0 Å². The summed E-state index contributed by atoms with van der Waals surface area (Å²) in [5, 5.41) is 3.59. The second-order valence-electron chi connectivity index (χ2n) is 6.13. The molecule has 0 spiro atoms. The van der Waals surface area contributed by atoms with Crippen molar-refractivity contribution in [3.8, 4) is 11.5 Å². The summed E-state index contributed by atoms with van der Waals surface area (Å²) in [7, 11) is 1.58. The van der Waals surface area contributed by atoms with Crippen molar-refractivity contribution in [2.24, 2.45) is 0 Å². The van der Waals surface area contributed by atoms with Gasteiger partial charge in [0.15, 0.2) is 11.5 Å². The summed E-state index contributed by atoms with van der Waals surface area (Å²) in [6.45, 7) is 0.441. The summed E-state index contributed by atoms with van der Waals surface area (Å²) in [6.07, 6.45) is 3.10. The van der Waals surface area contributed by atoms with Crippen molar-refractivity contribution in [2.75, 3.05) is 12.4 Å². The van der Waals surface area contributed by atoms with Gasteiger partial charge in [0.1, 0.15) is 6.61 Å². The molecule has 0 saturated heterocycles. The Kier molecular flexibility index (Phi) is 7.17. The highest BCUT2D eigenvalue weighted by molar-refractivity contribution is 6.36. The molecule has 0 unspecified atom stereocenters.